The average molecular weight is 206 g/mol. The Morgan fingerprint density at radius 2 is 1.80 bits per heavy atom. The Balaban J connectivity index is 2.24. The second-order valence-electron chi connectivity index (χ2n) is 4.12. The molecule has 82 valence electrons. The summed E-state index contributed by atoms with van der Waals surface area (Å²) < 4.78 is 0. The second kappa shape index (κ2) is 4.04. The topological polar surface area (TPSA) is 49.8 Å². The molecule has 1 fully saturated rings. The van der Waals surface area contributed by atoms with Crippen molar-refractivity contribution in [1.82, 2.24) is 9.97 Å². The fourth-order valence-corrected chi connectivity index (χ4v) is 1.76. The molecule has 1 aliphatic rings. The lowest BCUT2D eigenvalue weighted by Gasteiger charge is -2.28. The molecule has 0 aromatic carbocycles. The van der Waals surface area contributed by atoms with Crippen molar-refractivity contribution in [2.45, 2.75) is 39.2 Å². The molecule has 1 heterocycles. The standard InChI is InChI=1S/C11H18N4/c1-7-10(12-3)13-8(2)14-11(7)15-9-5-4-6-9/h9H,4-6H2,1-3H3,(H2,12,13,14,15). The van der Waals surface area contributed by atoms with Crippen LogP contribution in [0.4, 0.5) is 11.6 Å². The van der Waals surface area contributed by atoms with Gasteiger partial charge in [-0.2, -0.15) is 0 Å². The Hall–Kier alpha value is -1.32. The normalized spacial score (nSPS) is 15.9. The zero-order chi connectivity index (χ0) is 10.8. The van der Waals surface area contributed by atoms with Crippen LogP contribution in [0.2, 0.25) is 0 Å². The number of anilines is 2. The van der Waals surface area contributed by atoms with E-state index in [1.54, 1.807) is 0 Å². The highest BCUT2D eigenvalue weighted by molar-refractivity contribution is 5.57. The Labute approximate surface area is 90.5 Å². The number of aryl methyl sites for hydroxylation is 1. The van der Waals surface area contributed by atoms with Crippen molar-refractivity contribution in [2.75, 3.05) is 17.7 Å². The van der Waals surface area contributed by atoms with Gasteiger partial charge >= 0.3 is 0 Å². The zero-order valence-electron chi connectivity index (χ0n) is 9.59. The average Bonchev–Trinajstić information content (AvgIpc) is 2.16. The molecule has 4 nitrogen and oxygen atoms in total. The quantitative estimate of drug-likeness (QED) is 0.795. The lowest BCUT2D eigenvalue weighted by atomic mass is 9.93. The maximum Gasteiger partial charge on any atom is 0.134 e. The van der Waals surface area contributed by atoms with E-state index in [0.29, 0.717) is 6.04 Å². The van der Waals surface area contributed by atoms with Crippen molar-refractivity contribution in [3.63, 3.8) is 0 Å². The molecule has 0 radical (unpaired) electrons. The van der Waals surface area contributed by atoms with Gasteiger partial charge in [0.2, 0.25) is 0 Å². The molecule has 1 aliphatic carbocycles. The number of nitrogens with zero attached hydrogens (tertiary/aromatic N) is 2. The minimum Gasteiger partial charge on any atom is -0.373 e. The predicted octanol–water partition coefficient (Wildman–Crippen LogP) is 2.10. The van der Waals surface area contributed by atoms with Crippen molar-refractivity contribution in [1.29, 1.82) is 0 Å². The molecule has 1 aromatic rings. The van der Waals surface area contributed by atoms with Gasteiger partial charge in [-0.15, -0.1) is 0 Å². The Kier molecular flexibility index (Phi) is 2.75. The Morgan fingerprint density at radius 3 is 2.33 bits per heavy atom. The largest absolute Gasteiger partial charge is 0.373 e. The molecule has 0 aliphatic heterocycles. The van der Waals surface area contributed by atoms with E-state index in [1.165, 1.54) is 19.3 Å². The van der Waals surface area contributed by atoms with Gasteiger partial charge in [-0.05, 0) is 33.1 Å². The van der Waals surface area contributed by atoms with E-state index in [1.807, 2.05) is 20.9 Å². The Morgan fingerprint density at radius 1 is 1.13 bits per heavy atom. The first-order valence-corrected chi connectivity index (χ1v) is 5.50. The molecule has 0 saturated heterocycles. The molecule has 0 unspecified atom stereocenters. The van der Waals surface area contributed by atoms with Crippen molar-refractivity contribution in [3.05, 3.63) is 11.4 Å². The summed E-state index contributed by atoms with van der Waals surface area (Å²) in [6.45, 7) is 3.97. The van der Waals surface area contributed by atoms with Crippen LogP contribution < -0.4 is 10.6 Å². The zero-order valence-corrected chi connectivity index (χ0v) is 9.59. The van der Waals surface area contributed by atoms with E-state index < -0.39 is 0 Å². The van der Waals surface area contributed by atoms with Gasteiger partial charge in [0.05, 0.1) is 0 Å². The summed E-state index contributed by atoms with van der Waals surface area (Å²) in [7, 11) is 1.89. The van der Waals surface area contributed by atoms with Crippen LogP contribution in [-0.4, -0.2) is 23.1 Å². The van der Waals surface area contributed by atoms with E-state index in [2.05, 4.69) is 20.6 Å². The van der Waals surface area contributed by atoms with Gasteiger partial charge in [-0.25, -0.2) is 9.97 Å². The molecule has 2 rings (SSSR count). The molecule has 0 amide bonds. The minimum absolute atomic E-state index is 0.614. The molecule has 0 spiro atoms. The fraction of sp³-hybridized carbons (Fsp3) is 0.636. The Bertz CT molecular complexity index is 358. The molecule has 2 N–H and O–H groups in total. The molecular formula is C11H18N4. The van der Waals surface area contributed by atoms with E-state index in [4.69, 9.17) is 0 Å². The van der Waals surface area contributed by atoms with Crippen molar-refractivity contribution in [2.24, 2.45) is 0 Å². The fourth-order valence-electron chi connectivity index (χ4n) is 1.76. The van der Waals surface area contributed by atoms with Crippen LogP contribution in [0, 0.1) is 13.8 Å². The highest BCUT2D eigenvalue weighted by atomic mass is 15.1. The molecular weight excluding hydrogens is 188 g/mol. The number of aromatic nitrogens is 2. The van der Waals surface area contributed by atoms with E-state index in [-0.39, 0.29) is 0 Å². The summed E-state index contributed by atoms with van der Waals surface area (Å²) in [6.07, 6.45) is 3.86. The maximum absolute atomic E-state index is 4.44. The van der Waals surface area contributed by atoms with Crippen LogP contribution in [-0.2, 0) is 0 Å². The summed E-state index contributed by atoms with van der Waals surface area (Å²) in [5.74, 6) is 2.72. The predicted molar refractivity (Wildman–Crippen MR) is 62.3 cm³/mol. The van der Waals surface area contributed by atoms with Gasteiger partial charge in [-0.1, -0.05) is 0 Å². The van der Waals surface area contributed by atoms with E-state index in [9.17, 15) is 0 Å². The van der Waals surface area contributed by atoms with Crippen LogP contribution in [0.5, 0.6) is 0 Å². The van der Waals surface area contributed by atoms with Gasteiger partial charge in [0.15, 0.2) is 0 Å². The highest BCUT2D eigenvalue weighted by Crippen LogP contribution is 2.26. The van der Waals surface area contributed by atoms with Crippen LogP contribution in [0.25, 0.3) is 0 Å². The number of hydrogen-bond acceptors (Lipinski definition) is 4. The lowest BCUT2D eigenvalue weighted by Crippen LogP contribution is -2.28. The number of nitrogens with one attached hydrogen (secondary N) is 2. The van der Waals surface area contributed by atoms with E-state index >= 15 is 0 Å². The first-order valence-electron chi connectivity index (χ1n) is 5.50. The lowest BCUT2D eigenvalue weighted by molar-refractivity contribution is 0.444. The van der Waals surface area contributed by atoms with Crippen LogP contribution in [0.15, 0.2) is 0 Å². The van der Waals surface area contributed by atoms with E-state index in [0.717, 1.165) is 23.0 Å². The van der Waals surface area contributed by atoms with Gasteiger partial charge in [-0.3, -0.25) is 0 Å². The second-order valence-corrected chi connectivity index (χ2v) is 4.12. The summed E-state index contributed by atoms with van der Waals surface area (Å²) >= 11 is 0. The third-order valence-corrected chi connectivity index (χ3v) is 2.94. The SMILES string of the molecule is CNc1nc(C)nc(NC2CCC2)c1C. The van der Waals surface area contributed by atoms with Gasteiger partial charge in [0, 0.05) is 18.7 Å². The smallest absolute Gasteiger partial charge is 0.134 e. The van der Waals surface area contributed by atoms with Crippen molar-refractivity contribution >= 4 is 11.6 Å². The molecule has 1 saturated carbocycles. The van der Waals surface area contributed by atoms with Crippen molar-refractivity contribution in [3.8, 4) is 0 Å². The van der Waals surface area contributed by atoms with Gasteiger partial charge < -0.3 is 10.6 Å². The molecule has 0 bridgehead atoms. The summed E-state index contributed by atoms with van der Waals surface area (Å²) in [6, 6.07) is 0.614. The first-order chi connectivity index (χ1) is 7.20. The molecule has 4 heteroatoms. The molecule has 1 aromatic heterocycles. The summed E-state index contributed by atoms with van der Waals surface area (Å²) in [4.78, 5) is 8.78. The third kappa shape index (κ3) is 2.03. The highest BCUT2D eigenvalue weighted by Gasteiger charge is 2.19. The monoisotopic (exact) mass is 206 g/mol. The maximum atomic E-state index is 4.44. The number of rotatable bonds is 3. The van der Waals surface area contributed by atoms with Crippen LogP contribution in [0.1, 0.15) is 30.7 Å². The summed E-state index contributed by atoms with van der Waals surface area (Å²) in [5.41, 5.74) is 1.11. The van der Waals surface area contributed by atoms with Crippen LogP contribution >= 0.6 is 0 Å². The van der Waals surface area contributed by atoms with Crippen LogP contribution in [0.3, 0.4) is 0 Å². The molecule has 15 heavy (non-hydrogen) atoms. The molecule has 0 atom stereocenters. The number of hydrogen-bond donors (Lipinski definition) is 2. The van der Waals surface area contributed by atoms with Crippen molar-refractivity contribution < 1.29 is 0 Å². The first kappa shape index (κ1) is 10.2. The summed E-state index contributed by atoms with van der Waals surface area (Å²) in [5, 5.41) is 6.57. The third-order valence-electron chi connectivity index (χ3n) is 2.94. The van der Waals surface area contributed by atoms with Gasteiger partial charge in [0.1, 0.15) is 17.5 Å². The minimum atomic E-state index is 0.614. The van der Waals surface area contributed by atoms with Gasteiger partial charge in [0.25, 0.3) is 0 Å².